The Bertz CT molecular complexity index is 686. The van der Waals surface area contributed by atoms with E-state index in [4.69, 9.17) is 5.11 Å². The molecule has 0 fully saturated rings. The normalized spacial score (nSPS) is 19.7. The van der Waals surface area contributed by atoms with Crippen LogP contribution in [0.4, 0.5) is 4.79 Å². The van der Waals surface area contributed by atoms with Crippen LogP contribution in [0.15, 0.2) is 42.5 Å². The molecule has 2 aromatic rings. The highest BCUT2D eigenvalue weighted by Crippen LogP contribution is 2.22. The third-order valence-electron chi connectivity index (χ3n) is 3.61. The van der Waals surface area contributed by atoms with Gasteiger partial charge >= 0.3 is 6.03 Å². The number of rotatable bonds is 5. The summed E-state index contributed by atoms with van der Waals surface area (Å²) in [5.41, 5.74) is 1.02. The number of urea groups is 1. The Balaban J connectivity index is 1.48. The number of aromatic nitrogens is 2. The number of benzene rings is 1. The van der Waals surface area contributed by atoms with Gasteiger partial charge in [-0.15, -0.1) is 10.2 Å². The fourth-order valence-corrected chi connectivity index (χ4v) is 3.20. The molecule has 120 valence electrons. The molecule has 1 aromatic heterocycles. The van der Waals surface area contributed by atoms with E-state index in [1.54, 1.807) is 0 Å². The van der Waals surface area contributed by atoms with Gasteiger partial charge in [0.1, 0.15) is 10.0 Å². The van der Waals surface area contributed by atoms with Crippen molar-refractivity contribution in [3.05, 3.63) is 47.5 Å². The van der Waals surface area contributed by atoms with Crippen molar-refractivity contribution >= 4 is 17.4 Å². The zero-order valence-corrected chi connectivity index (χ0v) is 13.3. The minimum Gasteiger partial charge on any atom is -0.396 e. The van der Waals surface area contributed by atoms with Crippen molar-refractivity contribution in [2.24, 2.45) is 5.92 Å². The molecule has 1 heterocycles. The molecule has 0 aliphatic heterocycles. The van der Waals surface area contributed by atoms with Crippen LogP contribution in [-0.4, -0.2) is 34.0 Å². The van der Waals surface area contributed by atoms with Gasteiger partial charge < -0.3 is 15.7 Å². The van der Waals surface area contributed by atoms with Crippen molar-refractivity contribution in [3.63, 3.8) is 0 Å². The van der Waals surface area contributed by atoms with Gasteiger partial charge in [-0.25, -0.2) is 4.79 Å². The monoisotopic (exact) mass is 330 g/mol. The van der Waals surface area contributed by atoms with Crippen molar-refractivity contribution in [2.45, 2.75) is 19.0 Å². The number of nitrogens with one attached hydrogen (secondary N) is 2. The van der Waals surface area contributed by atoms with Gasteiger partial charge in [0.15, 0.2) is 0 Å². The van der Waals surface area contributed by atoms with Crippen molar-refractivity contribution in [2.75, 3.05) is 6.61 Å². The van der Waals surface area contributed by atoms with E-state index in [9.17, 15) is 4.79 Å². The molecular weight excluding hydrogens is 312 g/mol. The van der Waals surface area contributed by atoms with Gasteiger partial charge in [0.25, 0.3) is 0 Å². The molecule has 0 saturated carbocycles. The number of aliphatic hydroxyl groups is 1. The molecular formula is C16H18N4O2S. The first-order valence-electron chi connectivity index (χ1n) is 7.46. The molecule has 0 spiro atoms. The SMILES string of the molecule is O=C(NCc1nnc(-c2ccccc2)s1)N[C@@H]1C=C[C@H](CO)C1. The summed E-state index contributed by atoms with van der Waals surface area (Å²) in [6.45, 7) is 0.458. The Labute approximate surface area is 138 Å². The molecule has 1 aliphatic rings. The molecule has 3 N–H and O–H groups in total. The fourth-order valence-electron chi connectivity index (χ4n) is 2.41. The van der Waals surface area contributed by atoms with Crippen LogP contribution in [0.25, 0.3) is 10.6 Å². The predicted octanol–water partition coefficient (Wildman–Crippen LogP) is 1.94. The lowest BCUT2D eigenvalue weighted by atomic mass is 10.1. The van der Waals surface area contributed by atoms with E-state index < -0.39 is 0 Å². The maximum Gasteiger partial charge on any atom is 0.315 e. The number of hydrogen-bond acceptors (Lipinski definition) is 5. The molecule has 2 amide bonds. The molecule has 0 bridgehead atoms. The second-order valence-corrected chi connectivity index (χ2v) is 6.43. The molecule has 23 heavy (non-hydrogen) atoms. The van der Waals surface area contributed by atoms with E-state index in [2.05, 4.69) is 20.8 Å². The molecule has 0 radical (unpaired) electrons. The van der Waals surface area contributed by atoms with Crippen molar-refractivity contribution < 1.29 is 9.90 Å². The lowest BCUT2D eigenvalue weighted by Crippen LogP contribution is -2.40. The van der Waals surface area contributed by atoms with E-state index in [1.165, 1.54) is 11.3 Å². The van der Waals surface area contributed by atoms with E-state index >= 15 is 0 Å². The molecule has 0 saturated heterocycles. The molecule has 7 heteroatoms. The Hall–Kier alpha value is -2.25. The van der Waals surface area contributed by atoms with Crippen molar-refractivity contribution in [1.29, 1.82) is 0 Å². The number of carbonyl (C=O) groups is 1. The third kappa shape index (κ3) is 4.14. The average molecular weight is 330 g/mol. The Morgan fingerprint density at radius 2 is 2.09 bits per heavy atom. The maximum absolute atomic E-state index is 11.9. The largest absolute Gasteiger partial charge is 0.396 e. The molecule has 1 aliphatic carbocycles. The maximum atomic E-state index is 11.9. The van der Waals surface area contributed by atoms with Gasteiger partial charge in [-0.1, -0.05) is 53.8 Å². The second kappa shape index (κ2) is 7.34. The topological polar surface area (TPSA) is 87.1 Å². The summed E-state index contributed by atoms with van der Waals surface area (Å²) < 4.78 is 0. The number of carbonyl (C=O) groups excluding carboxylic acids is 1. The van der Waals surface area contributed by atoms with Gasteiger partial charge in [-0.3, -0.25) is 0 Å². The van der Waals surface area contributed by atoms with Crippen molar-refractivity contribution in [3.8, 4) is 10.6 Å². The molecule has 3 rings (SSSR count). The van der Waals surface area contributed by atoms with Crippen LogP contribution < -0.4 is 10.6 Å². The van der Waals surface area contributed by atoms with Gasteiger partial charge in [0.2, 0.25) is 0 Å². The van der Waals surface area contributed by atoms with Crippen LogP contribution in [0, 0.1) is 5.92 Å². The molecule has 1 aromatic carbocycles. The summed E-state index contributed by atoms with van der Waals surface area (Å²) >= 11 is 1.46. The van der Waals surface area contributed by atoms with Crippen LogP contribution in [0.3, 0.4) is 0 Å². The zero-order valence-electron chi connectivity index (χ0n) is 12.5. The first-order chi connectivity index (χ1) is 11.2. The van der Waals surface area contributed by atoms with Gasteiger partial charge in [-0.05, 0) is 6.42 Å². The number of nitrogens with zero attached hydrogens (tertiary/aromatic N) is 2. The van der Waals surface area contributed by atoms with Crippen LogP contribution in [0.2, 0.25) is 0 Å². The summed E-state index contributed by atoms with van der Waals surface area (Å²) in [7, 11) is 0. The minimum atomic E-state index is -0.241. The highest BCUT2D eigenvalue weighted by molar-refractivity contribution is 7.14. The third-order valence-corrected chi connectivity index (χ3v) is 4.58. The molecule has 0 unspecified atom stereocenters. The number of hydrogen-bond donors (Lipinski definition) is 3. The molecule has 6 nitrogen and oxygen atoms in total. The van der Waals surface area contributed by atoms with Crippen molar-refractivity contribution in [1.82, 2.24) is 20.8 Å². The molecule has 2 atom stereocenters. The minimum absolute atomic E-state index is 0.0264. The van der Waals surface area contributed by atoms with Gasteiger partial charge in [0.05, 0.1) is 6.54 Å². The highest BCUT2D eigenvalue weighted by atomic mass is 32.1. The number of aliphatic hydroxyl groups excluding tert-OH is 1. The lowest BCUT2D eigenvalue weighted by molar-refractivity contribution is 0.231. The first kappa shape index (κ1) is 15.6. The first-order valence-corrected chi connectivity index (χ1v) is 8.27. The second-order valence-electron chi connectivity index (χ2n) is 5.36. The summed E-state index contributed by atoms with van der Waals surface area (Å²) in [4.78, 5) is 11.9. The Kier molecular flexibility index (Phi) is 4.99. The smallest absolute Gasteiger partial charge is 0.315 e. The van der Waals surface area contributed by atoms with Gasteiger partial charge in [-0.2, -0.15) is 0 Å². The van der Waals surface area contributed by atoms with E-state index in [0.29, 0.717) is 6.54 Å². The fraction of sp³-hybridized carbons (Fsp3) is 0.312. The summed E-state index contributed by atoms with van der Waals surface area (Å²) in [6.07, 6.45) is 4.58. The van der Waals surface area contributed by atoms with Crippen LogP contribution in [0.5, 0.6) is 0 Å². The van der Waals surface area contributed by atoms with Gasteiger partial charge in [0, 0.05) is 24.1 Å². The quantitative estimate of drug-likeness (QED) is 0.731. The average Bonchev–Trinajstić information content (AvgIpc) is 3.23. The van der Waals surface area contributed by atoms with E-state index in [1.807, 2.05) is 42.5 Å². The standard InChI is InChI=1S/C16H18N4O2S/c21-10-11-6-7-13(8-11)18-16(22)17-9-14-19-20-15(23-14)12-4-2-1-3-5-12/h1-7,11,13,21H,8-10H2,(H2,17,18,22)/t11-,13+/m0/s1. The summed E-state index contributed by atoms with van der Waals surface area (Å²) in [5.74, 6) is 0.136. The van der Waals surface area contributed by atoms with Crippen LogP contribution >= 0.6 is 11.3 Å². The van der Waals surface area contributed by atoms with E-state index in [-0.39, 0.29) is 24.6 Å². The number of amides is 2. The highest BCUT2D eigenvalue weighted by Gasteiger charge is 2.19. The Morgan fingerprint density at radius 1 is 1.26 bits per heavy atom. The van der Waals surface area contributed by atoms with Crippen LogP contribution in [-0.2, 0) is 6.54 Å². The predicted molar refractivity (Wildman–Crippen MR) is 88.8 cm³/mol. The summed E-state index contributed by atoms with van der Waals surface area (Å²) in [6, 6.07) is 9.56. The van der Waals surface area contributed by atoms with Crippen LogP contribution in [0.1, 0.15) is 11.4 Å². The van der Waals surface area contributed by atoms with E-state index in [0.717, 1.165) is 22.0 Å². The Morgan fingerprint density at radius 3 is 2.83 bits per heavy atom. The lowest BCUT2D eigenvalue weighted by Gasteiger charge is -2.12. The summed E-state index contributed by atoms with van der Waals surface area (Å²) in [5, 5.41) is 24.6. The zero-order chi connectivity index (χ0) is 16.1.